The third kappa shape index (κ3) is 2.22. The van der Waals surface area contributed by atoms with E-state index in [-0.39, 0.29) is 5.95 Å². The molecule has 2 rings (SSSR count). The molecule has 96 valence electrons. The average Bonchev–Trinajstić information content (AvgIpc) is 2.50. The fourth-order valence-corrected chi connectivity index (χ4v) is 1.62. The van der Waals surface area contributed by atoms with Crippen LogP contribution in [-0.2, 0) is 4.74 Å². The number of nitrogens with two attached hydrogens (primary N) is 2. The number of nitrogen functional groups attached to an aromatic ring is 2. The van der Waals surface area contributed by atoms with Crippen LogP contribution in [0.25, 0.3) is 11.0 Å². The van der Waals surface area contributed by atoms with Gasteiger partial charge in [-0.1, -0.05) is 0 Å². The van der Waals surface area contributed by atoms with Gasteiger partial charge in [0.2, 0.25) is 5.95 Å². The molecular formula is C12H16N4O2. The predicted octanol–water partition coefficient (Wildman–Crippen LogP) is 1.98. The Morgan fingerprint density at radius 1 is 1.33 bits per heavy atom. The van der Waals surface area contributed by atoms with Gasteiger partial charge in [0.05, 0.1) is 11.0 Å². The monoisotopic (exact) mass is 248 g/mol. The number of rotatable bonds is 0. The largest absolute Gasteiger partial charge is 0.443 e. The molecule has 6 heteroatoms. The van der Waals surface area contributed by atoms with Gasteiger partial charge in [0.15, 0.2) is 0 Å². The zero-order valence-corrected chi connectivity index (χ0v) is 10.6. The van der Waals surface area contributed by atoms with E-state index in [1.807, 2.05) is 0 Å². The molecule has 0 unspecified atom stereocenters. The van der Waals surface area contributed by atoms with E-state index in [4.69, 9.17) is 16.2 Å². The summed E-state index contributed by atoms with van der Waals surface area (Å²) in [6, 6.07) is 5.04. The first-order valence-corrected chi connectivity index (χ1v) is 5.55. The summed E-state index contributed by atoms with van der Waals surface area (Å²) in [7, 11) is 0. The fraction of sp³-hybridized carbons (Fsp3) is 0.333. The first-order chi connectivity index (χ1) is 8.28. The molecule has 0 atom stereocenters. The SMILES string of the molecule is CC(C)(C)OC(=O)n1c(N)nc2cc(N)ccc21. The molecule has 18 heavy (non-hydrogen) atoms. The normalized spacial score (nSPS) is 11.7. The lowest BCUT2D eigenvalue weighted by Crippen LogP contribution is -2.27. The number of carbonyl (C=O) groups is 1. The number of aromatic nitrogens is 2. The number of hydrogen-bond donors (Lipinski definition) is 2. The second-order valence-electron chi connectivity index (χ2n) is 5.03. The van der Waals surface area contributed by atoms with E-state index in [0.29, 0.717) is 16.7 Å². The van der Waals surface area contributed by atoms with Crippen molar-refractivity contribution in [2.45, 2.75) is 26.4 Å². The Bertz CT molecular complexity index is 610. The highest BCUT2D eigenvalue weighted by molar-refractivity contribution is 5.91. The summed E-state index contributed by atoms with van der Waals surface area (Å²) >= 11 is 0. The van der Waals surface area contributed by atoms with Crippen molar-refractivity contribution in [3.63, 3.8) is 0 Å². The number of imidazole rings is 1. The number of anilines is 2. The Labute approximate surface area is 105 Å². The van der Waals surface area contributed by atoms with Crippen molar-refractivity contribution >= 4 is 28.8 Å². The third-order valence-corrected chi connectivity index (χ3v) is 2.28. The summed E-state index contributed by atoms with van der Waals surface area (Å²) in [5.41, 5.74) is 12.5. The molecule has 0 saturated heterocycles. The molecule has 0 aliphatic heterocycles. The van der Waals surface area contributed by atoms with Crippen LogP contribution in [0.15, 0.2) is 18.2 Å². The van der Waals surface area contributed by atoms with E-state index < -0.39 is 11.7 Å². The predicted molar refractivity (Wildman–Crippen MR) is 70.2 cm³/mol. The van der Waals surface area contributed by atoms with Gasteiger partial charge in [0.25, 0.3) is 0 Å². The number of ether oxygens (including phenoxy) is 1. The highest BCUT2D eigenvalue weighted by Crippen LogP contribution is 2.21. The van der Waals surface area contributed by atoms with Gasteiger partial charge in [-0.3, -0.25) is 0 Å². The summed E-state index contributed by atoms with van der Waals surface area (Å²) in [6.07, 6.45) is -0.549. The Morgan fingerprint density at radius 2 is 2.00 bits per heavy atom. The molecule has 0 aliphatic carbocycles. The van der Waals surface area contributed by atoms with Gasteiger partial charge in [-0.2, -0.15) is 0 Å². The van der Waals surface area contributed by atoms with Crippen LogP contribution in [0.2, 0.25) is 0 Å². The highest BCUT2D eigenvalue weighted by atomic mass is 16.6. The molecule has 1 aromatic heterocycles. The van der Waals surface area contributed by atoms with Crippen molar-refractivity contribution < 1.29 is 9.53 Å². The zero-order valence-electron chi connectivity index (χ0n) is 10.6. The fourth-order valence-electron chi connectivity index (χ4n) is 1.62. The van der Waals surface area contributed by atoms with Crippen LogP contribution in [0, 0.1) is 0 Å². The average molecular weight is 248 g/mol. The molecule has 0 bridgehead atoms. The number of hydrogen-bond acceptors (Lipinski definition) is 5. The third-order valence-electron chi connectivity index (χ3n) is 2.28. The summed E-state index contributed by atoms with van der Waals surface area (Å²) in [6.45, 7) is 5.37. The van der Waals surface area contributed by atoms with Crippen LogP contribution >= 0.6 is 0 Å². The van der Waals surface area contributed by atoms with E-state index in [1.54, 1.807) is 39.0 Å². The van der Waals surface area contributed by atoms with Crippen LogP contribution in [0.5, 0.6) is 0 Å². The molecule has 0 saturated carbocycles. The molecule has 0 aliphatic rings. The summed E-state index contributed by atoms with van der Waals surface area (Å²) in [4.78, 5) is 16.1. The second-order valence-corrected chi connectivity index (χ2v) is 5.03. The van der Waals surface area contributed by atoms with Crippen molar-refractivity contribution in [2.75, 3.05) is 11.5 Å². The lowest BCUT2D eigenvalue weighted by molar-refractivity contribution is 0.0547. The number of fused-ring (bicyclic) bond motifs is 1. The highest BCUT2D eigenvalue weighted by Gasteiger charge is 2.21. The maximum Gasteiger partial charge on any atom is 0.421 e. The summed E-state index contributed by atoms with van der Waals surface area (Å²) in [5, 5.41) is 0. The Balaban J connectivity index is 2.51. The van der Waals surface area contributed by atoms with Crippen LogP contribution in [0.1, 0.15) is 20.8 Å². The Morgan fingerprint density at radius 3 is 2.61 bits per heavy atom. The standard InChI is InChI=1S/C12H16N4O2/c1-12(2,3)18-11(17)16-9-5-4-7(13)6-8(9)15-10(16)14/h4-6H,13H2,1-3H3,(H2,14,15). The molecule has 0 amide bonds. The maximum atomic E-state index is 12.0. The van der Waals surface area contributed by atoms with Crippen molar-refractivity contribution in [2.24, 2.45) is 0 Å². The molecule has 6 nitrogen and oxygen atoms in total. The van der Waals surface area contributed by atoms with Crippen LogP contribution in [0.3, 0.4) is 0 Å². The first kappa shape index (κ1) is 12.2. The molecule has 4 N–H and O–H groups in total. The Kier molecular flexibility index (Phi) is 2.65. The zero-order chi connectivity index (χ0) is 13.5. The van der Waals surface area contributed by atoms with E-state index in [0.717, 1.165) is 0 Å². The molecule has 2 aromatic rings. The van der Waals surface area contributed by atoms with Gasteiger partial charge in [-0.25, -0.2) is 14.3 Å². The van der Waals surface area contributed by atoms with E-state index in [2.05, 4.69) is 4.98 Å². The van der Waals surface area contributed by atoms with Crippen LogP contribution in [0.4, 0.5) is 16.4 Å². The van der Waals surface area contributed by atoms with Gasteiger partial charge in [0, 0.05) is 5.69 Å². The van der Waals surface area contributed by atoms with Crippen molar-refractivity contribution in [1.82, 2.24) is 9.55 Å². The minimum Gasteiger partial charge on any atom is -0.443 e. The summed E-state index contributed by atoms with van der Waals surface area (Å²) < 4.78 is 6.51. The topological polar surface area (TPSA) is 96.2 Å². The number of benzene rings is 1. The van der Waals surface area contributed by atoms with E-state index in [1.165, 1.54) is 4.57 Å². The van der Waals surface area contributed by atoms with Crippen molar-refractivity contribution in [1.29, 1.82) is 0 Å². The lowest BCUT2D eigenvalue weighted by Gasteiger charge is -2.19. The first-order valence-electron chi connectivity index (χ1n) is 5.55. The quantitative estimate of drug-likeness (QED) is 0.695. The van der Waals surface area contributed by atoms with Gasteiger partial charge >= 0.3 is 6.09 Å². The van der Waals surface area contributed by atoms with Crippen molar-refractivity contribution in [3.8, 4) is 0 Å². The minimum absolute atomic E-state index is 0.0878. The van der Waals surface area contributed by atoms with Gasteiger partial charge < -0.3 is 16.2 Å². The molecule has 1 heterocycles. The number of nitrogens with zero attached hydrogens (tertiary/aromatic N) is 2. The van der Waals surface area contributed by atoms with Gasteiger partial charge in [0.1, 0.15) is 5.60 Å². The Hall–Kier alpha value is -2.24. The van der Waals surface area contributed by atoms with Crippen LogP contribution < -0.4 is 11.5 Å². The van der Waals surface area contributed by atoms with Crippen molar-refractivity contribution in [3.05, 3.63) is 18.2 Å². The maximum absolute atomic E-state index is 12.0. The van der Waals surface area contributed by atoms with Crippen LogP contribution in [-0.4, -0.2) is 21.2 Å². The van der Waals surface area contributed by atoms with Gasteiger partial charge in [-0.15, -0.1) is 0 Å². The van der Waals surface area contributed by atoms with E-state index in [9.17, 15) is 4.79 Å². The smallest absolute Gasteiger partial charge is 0.421 e. The minimum atomic E-state index is -0.589. The number of carbonyl (C=O) groups excluding carboxylic acids is 1. The second kappa shape index (κ2) is 3.90. The lowest BCUT2D eigenvalue weighted by atomic mass is 10.2. The molecule has 0 spiro atoms. The van der Waals surface area contributed by atoms with Gasteiger partial charge in [-0.05, 0) is 39.0 Å². The molecule has 0 fully saturated rings. The molecule has 1 aromatic carbocycles. The molecule has 0 radical (unpaired) electrons. The van der Waals surface area contributed by atoms with E-state index >= 15 is 0 Å². The molecular weight excluding hydrogens is 232 g/mol. The summed E-state index contributed by atoms with van der Waals surface area (Å²) in [5.74, 6) is 0.0878.